The van der Waals surface area contributed by atoms with E-state index in [-0.39, 0.29) is 16.3 Å². The number of benzene rings is 1. The van der Waals surface area contributed by atoms with Crippen LogP contribution in [0.25, 0.3) is 11.3 Å². The van der Waals surface area contributed by atoms with E-state index in [0.29, 0.717) is 5.69 Å². The number of aromatic nitrogens is 2. The van der Waals surface area contributed by atoms with Gasteiger partial charge in [0.2, 0.25) is 20.0 Å². The van der Waals surface area contributed by atoms with E-state index in [9.17, 15) is 16.8 Å². The summed E-state index contributed by atoms with van der Waals surface area (Å²) in [5.41, 5.74) is 2.29. The number of pyridine rings is 2. The monoisotopic (exact) mass is 404 g/mol. The zero-order valence-electron chi connectivity index (χ0n) is 14.0. The zero-order chi connectivity index (χ0) is 19.5. The van der Waals surface area contributed by atoms with Crippen LogP contribution in [0.3, 0.4) is 0 Å². The van der Waals surface area contributed by atoms with E-state index in [4.69, 9.17) is 5.14 Å². The number of nitrogens with one attached hydrogen (secondary N) is 1. The molecule has 0 aliphatic rings. The number of hydrogen-bond donors (Lipinski definition) is 2. The lowest BCUT2D eigenvalue weighted by Gasteiger charge is -2.08. The minimum absolute atomic E-state index is 0.0554. The predicted molar refractivity (Wildman–Crippen MR) is 99.3 cm³/mol. The summed E-state index contributed by atoms with van der Waals surface area (Å²) in [6.07, 6.45) is 4.90. The lowest BCUT2D eigenvalue weighted by Crippen LogP contribution is -2.23. The van der Waals surface area contributed by atoms with Crippen molar-refractivity contribution in [1.29, 1.82) is 0 Å². The van der Waals surface area contributed by atoms with Gasteiger partial charge in [-0.05, 0) is 54.1 Å². The molecule has 3 aromatic rings. The summed E-state index contributed by atoms with van der Waals surface area (Å²) < 4.78 is 49.8. The Kier molecular flexibility index (Phi) is 5.33. The van der Waals surface area contributed by atoms with Gasteiger partial charge in [0.05, 0.1) is 15.5 Å². The van der Waals surface area contributed by atoms with Gasteiger partial charge in [-0.3, -0.25) is 9.97 Å². The standard InChI is InChI=1S/C17H16N4O4S2/c18-26(22,23)15-1-3-16(4-2-15)27(24,25)21-12-13-5-10-20-17(11-13)14-6-8-19-9-7-14/h1-11,21H,12H2,(H2,18,22,23). The molecule has 0 saturated heterocycles. The van der Waals surface area contributed by atoms with E-state index in [1.807, 2.05) is 12.1 Å². The maximum atomic E-state index is 12.4. The van der Waals surface area contributed by atoms with Gasteiger partial charge < -0.3 is 0 Å². The van der Waals surface area contributed by atoms with Crippen LogP contribution in [0.15, 0.2) is 76.9 Å². The van der Waals surface area contributed by atoms with Crippen molar-refractivity contribution in [3.63, 3.8) is 0 Å². The summed E-state index contributed by atoms with van der Waals surface area (Å²) in [7, 11) is -7.69. The van der Waals surface area contributed by atoms with Crippen LogP contribution in [0.1, 0.15) is 5.56 Å². The highest BCUT2D eigenvalue weighted by Gasteiger charge is 2.16. The molecule has 3 rings (SSSR count). The van der Waals surface area contributed by atoms with Gasteiger partial charge in [-0.2, -0.15) is 0 Å². The molecule has 2 aromatic heterocycles. The first-order valence-electron chi connectivity index (χ1n) is 7.73. The van der Waals surface area contributed by atoms with Crippen LogP contribution in [0.4, 0.5) is 0 Å². The molecule has 0 aliphatic carbocycles. The molecule has 0 saturated carbocycles. The predicted octanol–water partition coefficient (Wildman–Crippen LogP) is 1.27. The third kappa shape index (κ3) is 4.74. The average molecular weight is 404 g/mol. The minimum Gasteiger partial charge on any atom is -0.265 e. The number of hydrogen-bond acceptors (Lipinski definition) is 6. The first-order valence-corrected chi connectivity index (χ1v) is 10.8. The van der Waals surface area contributed by atoms with Gasteiger partial charge in [0.25, 0.3) is 0 Å². The molecule has 3 N–H and O–H groups in total. The number of sulfonamides is 2. The van der Waals surface area contributed by atoms with Crippen molar-refractivity contribution >= 4 is 20.0 Å². The maximum absolute atomic E-state index is 12.4. The summed E-state index contributed by atoms with van der Waals surface area (Å²) >= 11 is 0. The van der Waals surface area contributed by atoms with Crippen molar-refractivity contribution in [1.82, 2.24) is 14.7 Å². The van der Waals surface area contributed by atoms with Gasteiger partial charge in [-0.25, -0.2) is 26.7 Å². The van der Waals surface area contributed by atoms with Crippen molar-refractivity contribution < 1.29 is 16.8 Å². The van der Waals surface area contributed by atoms with Crippen molar-refractivity contribution in [2.75, 3.05) is 0 Å². The Labute approximate surface area is 157 Å². The average Bonchev–Trinajstić information content (AvgIpc) is 2.67. The van der Waals surface area contributed by atoms with Crippen LogP contribution in [0.2, 0.25) is 0 Å². The fourth-order valence-electron chi connectivity index (χ4n) is 2.33. The molecule has 0 spiro atoms. The molecule has 0 radical (unpaired) electrons. The second-order valence-electron chi connectivity index (χ2n) is 5.63. The Morgan fingerprint density at radius 2 is 1.48 bits per heavy atom. The molecule has 0 unspecified atom stereocenters. The Hall–Kier alpha value is -2.66. The Balaban J connectivity index is 1.76. The molecule has 10 heteroatoms. The normalized spacial score (nSPS) is 12.0. The fraction of sp³-hybridized carbons (Fsp3) is 0.0588. The summed E-state index contributed by atoms with van der Waals surface area (Å²) in [6, 6.07) is 11.8. The van der Waals surface area contributed by atoms with E-state index in [1.165, 1.54) is 12.1 Å². The highest BCUT2D eigenvalue weighted by Crippen LogP contribution is 2.17. The molecular weight excluding hydrogens is 388 g/mol. The summed E-state index contributed by atoms with van der Waals surface area (Å²) in [4.78, 5) is 8.01. The van der Waals surface area contributed by atoms with E-state index in [0.717, 1.165) is 23.3 Å². The van der Waals surface area contributed by atoms with E-state index in [2.05, 4.69) is 14.7 Å². The molecule has 2 heterocycles. The van der Waals surface area contributed by atoms with Crippen LogP contribution >= 0.6 is 0 Å². The largest absolute Gasteiger partial charge is 0.265 e. The molecule has 0 amide bonds. The first-order chi connectivity index (χ1) is 12.8. The van der Waals surface area contributed by atoms with Gasteiger partial charge in [0, 0.05) is 30.7 Å². The van der Waals surface area contributed by atoms with Crippen LogP contribution in [-0.2, 0) is 26.6 Å². The van der Waals surface area contributed by atoms with E-state index >= 15 is 0 Å². The molecule has 0 atom stereocenters. The summed E-state index contributed by atoms with van der Waals surface area (Å²) in [5.74, 6) is 0. The third-order valence-electron chi connectivity index (χ3n) is 3.73. The minimum atomic E-state index is -3.88. The number of nitrogens with two attached hydrogens (primary N) is 1. The molecular formula is C17H16N4O4S2. The summed E-state index contributed by atoms with van der Waals surface area (Å²) in [5, 5.41) is 5.01. The van der Waals surface area contributed by atoms with Gasteiger partial charge in [0.15, 0.2) is 0 Å². The number of rotatable bonds is 6. The highest BCUT2D eigenvalue weighted by atomic mass is 32.2. The van der Waals surface area contributed by atoms with Crippen LogP contribution < -0.4 is 9.86 Å². The Morgan fingerprint density at radius 1 is 0.852 bits per heavy atom. The van der Waals surface area contributed by atoms with Crippen LogP contribution in [-0.4, -0.2) is 26.8 Å². The molecule has 8 nitrogen and oxygen atoms in total. The fourth-order valence-corrected chi connectivity index (χ4v) is 3.87. The highest BCUT2D eigenvalue weighted by molar-refractivity contribution is 7.89. The maximum Gasteiger partial charge on any atom is 0.240 e. The topological polar surface area (TPSA) is 132 Å². The summed E-state index contributed by atoms with van der Waals surface area (Å²) in [6.45, 7) is 0.0554. The second kappa shape index (κ2) is 7.53. The Bertz CT molecular complexity index is 1150. The van der Waals surface area contributed by atoms with Crippen molar-refractivity contribution in [2.45, 2.75) is 16.3 Å². The molecule has 140 valence electrons. The number of primary sulfonamides is 1. The van der Waals surface area contributed by atoms with E-state index in [1.54, 1.807) is 30.7 Å². The SMILES string of the molecule is NS(=O)(=O)c1ccc(S(=O)(=O)NCc2ccnc(-c3ccncc3)c2)cc1. The third-order valence-corrected chi connectivity index (χ3v) is 6.08. The van der Waals surface area contributed by atoms with Gasteiger partial charge >= 0.3 is 0 Å². The lowest BCUT2D eigenvalue weighted by atomic mass is 10.1. The van der Waals surface area contributed by atoms with Crippen molar-refractivity contribution in [3.05, 3.63) is 72.7 Å². The first kappa shape index (κ1) is 19.1. The molecule has 0 fully saturated rings. The molecule has 0 bridgehead atoms. The van der Waals surface area contributed by atoms with E-state index < -0.39 is 20.0 Å². The van der Waals surface area contributed by atoms with Crippen molar-refractivity contribution in [3.8, 4) is 11.3 Å². The quantitative estimate of drug-likeness (QED) is 0.636. The van der Waals surface area contributed by atoms with Crippen LogP contribution in [0, 0.1) is 0 Å². The van der Waals surface area contributed by atoms with Gasteiger partial charge in [0.1, 0.15) is 0 Å². The second-order valence-corrected chi connectivity index (χ2v) is 8.95. The molecule has 27 heavy (non-hydrogen) atoms. The molecule has 0 aliphatic heterocycles. The Morgan fingerprint density at radius 3 is 2.11 bits per heavy atom. The smallest absolute Gasteiger partial charge is 0.240 e. The van der Waals surface area contributed by atoms with Crippen molar-refractivity contribution in [2.24, 2.45) is 5.14 Å². The lowest BCUT2D eigenvalue weighted by molar-refractivity contribution is 0.580. The zero-order valence-corrected chi connectivity index (χ0v) is 15.6. The molecule has 1 aromatic carbocycles. The van der Waals surface area contributed by atoms with Gasteiger partial charge in [-0.15, -0.1) is 0 Å². The van der Waals surface area contributed by atoms with Crippen LogP contribution in [0.5, 0.6) is 0 Å². The number of nitrogens with zero attached hydrogens (tertiary/aromatic N) is 2. The van der Waals surface area contributed by atoms with Gasteiger partial charge in [-0.1, -0.05) is 0 Å².